The van der Waals surface area contributed by atoms with Gasteiger partial charge in [0.05, 0.1) is 20.3 Å². The van der Waals surface area contributed by atoms with E-state index in [-0.39, 0.29) is 11.9 Å². The minimum atomic E-state index is -0.132. The summed E-state index contributed by atoms with van der Waals surface area (Å²) in [7, 11) is 3.21. The van der Waals surface area contributed by atoms with Crippen molar-refractivity contribution in [3.05, 3.63) is 65.2 Å². The standard InChI is InChI=1S/C22H27NO3/c1-6-17-7-9-18(10-8-17)16(3)23-22(24)13-15(2)20-12-11-19(25-4)14-21(20)26-5/h7-14,16H,6H2,1-5H3,(H,23,24)/b15-13+. The first-order valence-electron chi connectivity index (χ1n) is 8.78. The largest absolute Gasteiger partial charge is 0.497 e. The molecular formula is C22H27NO3. The van der Waals surface area contributed by atoms with Crippen molar-refractivity contribution in [3.8, 4) is 11.5 Å². The lowest BCUT2D eigenvalue weighted by Gasteiger charge is -2.14. The number of methoxy groups -OCH3 is 2. The number of benzene rings is 2. The first kappa shape index (κ1) is 19.6. The quantitative estimate of drug-likeness (QED) is 0.743. The molecule has 138 valence electrons. The fraction of sp³-hybridized carbons (Fsp3) is 0.318. The summed E-state index contributed by atoms with van der Waals surface area (Å²) in [5.41, 5.74) is 4.07. The van der Waals surface area contributed by atoms with Gasteiger partial charge in [0, 0.05) is 17.7 Å². The highest BCUT2D eigenvalue weighted by Crippen LogP contribution is 2.29. The van der Waals surface area contributed by atoms with Gasteiger partial charge in [-0.05, 0) is 49.1 Å². The molecule has 0 radical (unpaired) electrons. The lowest BCUT2D eigenvalue weighted by atomic mass is 10.0. The van der Waals surface area contributed by atoms with Crippen molar-refractivity contribution in [2.24, 2.45) is 0 Å². The lowest BCUT2D eigenvalue weighted by Crippen LogP contribution is -2.24. The van der Waals surface area contributed by atoms with Gasteiger partial charge in [-0.3, -0.25) is 4.79 Å². The van der Waals surface area contributed by atoms with Gasteiger partial charge in [0.25, 0.3) is 0 Å². The number of allylic oxidation sites excluding steroid dienone is 1. The number of nitrogens with one attached hydrogen (secondary N) is 1. The van der Waals surface area contributed by atoms with Gasteiger partial charge in [-0.2, -0.15) is 0 Å². The third-order valence-corrected chi connectivity index (χ3v) is 4.43. The predicted octanol–water partition coefficient (Wildman–Crippen LogP) is 4.55. The summed E-state index contributed by atoms with van der Waals surface area (Å²) in [6, 6.07) is 13.8. The Balaban J connectivity index is 2.11. The maximum absolute atomic E-state index is 12.4. The molecule has 1 unspecified atom stereocenters. The van der Waals surface area contributed by atoms with Crippen molar-refractivity contribution < 1.29 is 14.3 Å². The summed E-state index contributed by atoms with van der Waals surface area (Å²) < 4.78 is 10.6. The van der Waals surface area contributed by atoms with E-state index >= 15 is 0 Å². The molecule has 0 bridgehead atoms. The normalized spacial score (nSPS) is 12.4. The molecule has 2 aromatic rings. The van der Waals surface area contributed by atoms with Crippen molar-refractivity contribution in [1.29, 1.82) is 0 Å². The minimum Gasteiger partial charge on any atom is -0.497 e. The molecule has 1 atom stereocenters. The Morgan fingerprint density at radius 3 is 2.38 bits per heavy atom. The Hall–Kier alpha value is -2.75. The number of hydrogen-bond acceptors (Lipinski definition) is 3. The predicted molar refractivity (Wildman–Crippen MR) is 106 cm³/mol. The van der Waals surface area contributed by atoms with Crippen LogP contribution in [0.25, 0.3) is 5.57 Å². The summed E-state index contributed by atoms with van der Waals surface area (Å²) in [6.45, 7) is 6.00. The molecule has 0 spiro atoms. The molecule has 0 aliphatic carbocycles. The molecule has 2 aromatic carbocycles. The molecule has 0 heterocycles. The van der Waals surface area contributed by atoms with E-state index in [4.69, 9.17) is 9.47 Å². The number of aryl methyl sites for hydroxylation is 1. The molecule has 26 heavy (non-hydrogen) atoms. The van der Waals surface area contributed by atoms with Gasteiger partial charge in [0.1, 0.15) is 11.5 Å². The van der Waals surface area contributed by atoms with Crippen LogP contribution in [0.15, 0.2) is 48.5 Å². The van der Waals surface area contributed by atoms with Crippen LogP contribution in [0.3, 0.4) is 0 Å². The van der Waals surface area contributed by atoms with Crippen molar-refractivity contribution in [2.75, 3.05) is 14.2 Å². The topological polar surface area (TPSA) is 47.6 Å². The average molecular weight is 353 g/mol. The van der Waals surface area contributed by atoms with Gasteiger partial charge in [-0.25, -0.2) is 0 Å². The highest BCUT2D eigenvalue weighted by atomic mass is 16.5. The molecule has 0 aliphatic rings. The third kappa shape index (κ3) is 4.88. The van der Waals surface area contributed by atoms with Gasteiger partial charge in [0.15, 0.2) is 0 Å². The fourth-order valence-corrected chi connectivity index (χ4v) is 2.78. The summed E-state index contributed by atoms with van der Waals surface area (Å²) in [4.78, 5) is 12.4. The minimum absolute atomic E-state index is 0.0600. The Morgan fingerprint density at radius 2 is 1.81 bits per heavy atom. The second kappa shape index (κ2) is 9.09. The van der Waals surface area contributed by atoms with Gasteiger partial charge < -0.3 is 14.8 Å². The number of rotatable bonds is 7. The van der Waals surface area contributed by atoms with E-state index in [2.05, 4.69) is 36.5 Å². The van der Waals surface area contributed by atoms with E-state index in [1.807, 2.05) is 32.0 Å². The highest BCUT2D eigenvalue weighted by Gasteiger charge is 2.11. The zero-order chi connectivity index (χ0) is 19.1. The molecular weight excluding hydrogens is 326 g/mol. The molecule has 4 nitrogen and oxygen atoms in total. The van der Waals surface area contributed by atoms with Crippen molar-refractivity contribution in [1.82, 2.24) is 5.32 Å². The van der Waals surface area contributed by atoms with E-state index in [0.29, 0.717) is 11.5 Å². The van der Waals surface area contributed by atoms with Crippen LogP contribution in [0.4, 0.5) is 0 Å². The molecule has 0 saturated carbocycles. The first-order chi connectivity index (χ1) is 12.5. The van der Waals surface area contributed by atoms with Crippen LogP contribution in [-0.4, -0.2) is 20.1 Å². The van der Waals surface area contributed by atoms with Crippen molar-refractivity contribution in [3.63, 3.8) is 0 Å². The molecule has 0 aliphatic heterocycles. The molecule has 1 N–H and O–H groups in total. The summed E-state index contributed by atoms with van der Waals surface area (Å²) in [6.07, 6.45) is 2.61. The lowest BCUT2D eigenvalue weighted by molar-refractivity contribution is -0.117. The van der Waals surface area contributed by atoms with E-state index in [0.717, 1.165) is 23.1 Å². The second-order valence-corrected chi connectivity index (χ2v) is 6.22. The molecule has 4 heteroatoms. The number of carbonyl (C=O) groups is 1. The highest BCUT2D eigenvalue weighted by molar-refractivity contribution is 5.95. The Bertz CT molecular complexity index is 778. The average Bonchev–Trinajstić information content (AvgIpc) is 2.67. The summed E-state index contributed by atoms with van der Waals surface area (Å²) >= 11 is 0. The number of hydrogen-bond donors (Lipinski definition) is 1. The Kier molecular flexibility index (Phi) is 6.84. The van der Waals surface area contributed by atoms with E-state index in [1.165, 1.54) is 5.56 Å². The number of ether oxygens (including phenoxy) is 2. The monoisotopic (exact) mass is 353 g/mol. The van der Waals surface area contributed by atoms with Gasteiger partial charge in [-0.1, -0.05) is 31.2 Å². The smallest absolute Gasteiger partial charge is 0.244 e. The first-order valence-corrected chi connectivity index (χ1v) is 8.78. The maximum Gasteiger partial charge on any atom is 0.244 e. The van der Waals surface area contributed by atoms with Crippen molar-refractivity contribution >= 4 is 11.5 Å². The van der Waals surface area contributed by atoms with E-state index < -0.39 is 0 Å². The van der Waals surface area contributed by atoms with Gasteiger partial charge in [-0.15, -0.1) is 0 Å². The zero-order valence-corrected chi connectivity index (χ0v) is 16.1. The van der Waals surface area contributed by atoms with Crippen LogP contribution in [0, 0.1) is 0 Å². The fourth-order valence-electron chi connectivity index (χ4n) is 2.78. The third-order valence-electron chi connectivity index (χ3n) is 4.43. The zero-order valence-electron chi connectivity index (χ0n) is 16.1. The molecule has 0 fully saturated rings. The number of amides is 1. The number of carbonyl (C=O) groups excluding carboxylic acids is 1. The maximum atomic E-state index is 12.4. The van der Waals surface area contributed by atoms with Crippen LogP contribution in [0.2, 0.25) is 0 Å². The van der Waals surface area contributed by atoms with E-state index in [9.17, 15) is 4.79 Å². The van der Waals surface area contributed by atoms with Crippen LogP contribution in [0.5, 0.6) is 11.5 Å². The molecule has 1 amide bonds. The Morgan fingerprint density at radius 1 is 1.12 bits per heavy atom. The van der Waals surface area contributed by atoms with Gasteiger partial charge >= 0.3 is 0 Å². The molecule has 2 rings (SSSR count). The van der Waals surface area contributed by atoms with Crippen LogP contribution in [-0.2, 0) is 11.2 Å². The van der Waals surface area contributed by atoms with Crippen LogP contribution < -0.4 is 14.8 Å². The second-order valence-electron chi connectivity index (χ2n) is 6.22. The van der Waals surface area contributed by atoms with Crippen molar-refractivity contribution in [2.45, 2.75) is 33.2 Å². The Labute approximate surface area is 155 Å². The van der Waals surface area contributed by atoms with Crippen LogP contribution >= 0.6 is 0 Å². The molecule has 0 saturated heterocycles. The SMILES string of the molecule is CCc1ccc(C(C)NC(=O)/C=C(\C)c2ccc(OC)cc2OC)cc1. The van der Waals surface area contributed by atoms with E-state index in [1.54, 1.807) is 20.3 Å². The summed E-state index contributed by atoms with van der Waals surface area (Å²) in [5.74, 6) is 1.26. The van der Waals surface area contributed by atoms with Crippen LogP contribution in [0.1, 0.15) is 43.5 Å². The van der Waals surface area contributed by atoms with Gasteiger partial charge in [0.2, 0.25) is 5.91 Å². The summed E-state index contributed by atoms with van der Waals surface area (Å²) in [5, 5.41) is 3.01. The molecule has 0 aromatic heterocycles.